The van der Waals surface area contributed by atoms with Gasteiger partial charge in [-0.25, -0.2) is 0 Å². The van der Waals surface area contributed by atoms with E-state index in [0.29, 0.717) is 13.0 Å². The molecule has 0 saturated heterocycles. The highest BCUT2D eigenvalue weighted by Crippen LogP contribution is 2.01. The normalized spacial score (nSPS) is 23.3. The van der Waals surface area contributed by atoms with E-state index in [-0.39, 0.29) is 40.4 Å². The number of quaternary nitrogens is 1. The molecule has 2 N–H and O–H groups in total. The van der Waals surface area contributed by atoms with Gasteiger partial charge in [0, 0.05) is 0 Å². The van der Waals surface area contributed by atoms with Gasteiger partial charge in [0.15, 0.2) is 0 Å². The number of nitrogens with two attached hydrogens (primary N) is 1. The van der Waals surface area contributed by atoms with Crippen LogP contribution >= 0.6 is 17.0 Å². The van der Waals surface area contributed by atoms with Crippen LogP contribution in [-0.4, -0.2) is 38.5 Å². The molecule has 0 rings (SSSR count). The fraction of sp³-hybridized carbons (Fsp3) is 1.00. The van der Waals surface area contributed by atoms with Crippen molar-refractivity contribution < 1.29 is 33.8 Å². The topological polar surface area (TPSA) is 26.0 Å². The van der Waals surface area contributed by atoms with Crippen LogP contribution in [0.25, 0.3) is 0 Å². The predicted molar refractivity (Wildman–Crippen MR) is 60.7 cm³/mol. The standard InChI is InChI=1S/C9H23N2.2BrH/c1-11(2,3)9-7-5-4-6-8-10;;/h4-10H2,1-3H3;2*1H/q+1;;/p-1/i1D3,2D3,3D3;;. The van der Waals surface area contributed by atoms with Gasteiger partial charge in [-0.05, 0) is 25.8 Å². The van der Waals surface area contributed by atoms with Crippen LogP contribution in [0.4, 0.5) is 0 Å². The first-order chi connectivity index (χ1) is 8.81. The Hall–Kier alpha value is 0.880. The van der Waals surface area contributed by atoms with Gasteiger partial charge in [-0.2, -0.15) is 0 Å². The zero-order chi connectivity index (χ0) is 16.2. The lowest BCUT2D eigenvalue weighted by molar-refractivity contribution is -0.870. The Morgan fingerprint density at radius 3 is 2.08 bits per heavy atom. The molecule has 0 amide bonds. The first kappa shape index (κ1) is 5.83. The van der Waals surface area contributed by atoms with E-state index in [4.69, 9.17) is 18.1 Å². The molecule has 0 fully saturated rings. The van der Waals surface area contributed by atoms with Gasteiger partial charge in [0.2, 0.25) is 0 Å². The van der Waals surface area contributed by atoms with Crippen LogP contribution in [0.3, 0.4) is 0 Å². The highest BCUT2D eigenvalue weighted by Gasteiger charge is 2.04. The number of hydrogen-bond acceptors (Lipinski definition) is 1. The molecule has 13 heavy (non-hydrogen) atoms. The van der Waals surface area contributed by atoms with E-state index in [0.717, 1.165) is 12.8 Å². The summed E-state index contributed by atoms with van der Waals surface area (Å²) in [5, 5.41) is 0. The summed E-state index contributed by atoms with van der Waals surface area (Å²) in [5.41, 5.74) is 5.33. The van der Waals surface area contributed by atoms with Crippen LogP contribution in [0, 0.1) is 0 Å². The van der Waals surface area contributed by atoms with Gasteiger partial charge < -0.3 is 27.2 Å². The Labute approximate surface area is 117 Å². The second kappa shape index (κ2) is 11.0. The zero-order valence-electron chi connectivity index (χ0n) is 16.6. The van der Waals surface area contributed by atoms with E-state index in [9.17, 15) is 0 Å². The summed E-state index contributed by atoms with van der Waals surface area (Å²) >= 11 is 0. The first-order valence-corrected chi connectivity index (χ1v) is 3.90. The lowest BCUT2D eigenvalue weighted by Crippen LogP contribution is -3.00. The maximum Gasteiger partial charge on any atom is 0.0886 e. The smallest absolute Gasteiger partial charge is 0.0886 e. The summed E-state index contributed by atoms with van der Waals surface area (Å²) in [7, 11) is 0. The van der Waals surface area contributed by atoms with Crippen molar-refractivity contribution in [3.8, 4) is 0 Å². The van der Waals surface area contributed by atoms with E-state index < -0.39 is 32.0 Å². The predicted octanol–water partition coefficient (Wildman–Crippen LogP) is -1.21. The fourth-order valence-electron chi connectivity index (χ4n) is 0.847. The van der Waals surface area contributed by atoms with Crippen molar-refractivity contribution in [2.75, 3.05) is 34.0 Å². The van der Waals surface area contributed by atoms with Crippen LogP contribution in [0.2, 0.25) is 0 Å². The molecule has 0 aliphatic heterocycles. The van der Waals surface area contributed by atoms with Crippen LogP contribution in [0.1, 0.15) is 38.0 Å². The van der Waals surface area contributed by atoms with Crippen molar-refractivity contribution in [3.63, 3.8) is 0 Å². The maximum absolute atomic E-state index is 7.43. The van der Waals surface area contributed by atoms with Crippen molar-refractivity contribution in [1.82, 2.24) is 0 Å². The molecular weight excluding hydrogens is 296 g/mol. The summed E-state index contributed by atoms with van der Waals surface area (Å²) in [6.45, 7) is -9.34. The Morgan fingerprint density at radius 1 is 1.08 bits per heavy atom. The van der Waals surface area contributed by atoms with Gasteiger partial charge in [-0.1, -0.05) is 6.42 Å². The Kier molecular flexibility index (Phi) is 4.91. The lowest BCUT2D eigenvalue weighted by Gasteiger charge is -2.23. The molecule has 0 radical (unpaired) electrons. The van der Waals surface area contributed by atoms with E-state index in [1.54, 1.807) is 0 Å². The molecule has 0 unspecified atom stereocenters. The average Bonchev–Trinajstić information content (AvgIpc) is 2.17. The fourth-order valence-corrected chi connectivity index (χ4v) is 0.847. The highest BCUT2D eigenvalue weighted by molar-refractivity contribution is 8.93. The Morgan fingerprint density at radius 2 is 1.62 bits per heavy atom. The number of hydrogen-bond donors (Lipinski definition) is 1. The molecule has 0 saturated carbocycles. The Balaban J connectivity index is -0.00000180. The number of nitrogens with zero attached hydrogens (tertiary/aromatic N) is 1. The van der Waals surface area contributed by atoms with E-state index in [2.05, 4.69) is 0 Å². The molecule has 4 heteroatoms. The first-order valence-electron chi connectivity index (χ1n) is 8.40. The van der Waals surface area contributed by atoms with Crippen molar-refractivity contribution in [1.29, 1.82) is 0 Å². The van der Waals surface area contributed by atoms with Gasteiger partial charge in [0.05, 0.1) is 39.8 Å². The maximum atomic E-state index is 7.43. The van der Waals surface area contributed by atoms with Crippen LogP contribution in [0.15, 0.2) is 0 Å². The number of rotatable bonds is 6. The molecular formula is C9H24Br2N2. The second-order valence-corrected chi connectivity index (χ2v) is 2.74. The van der Waals surface area contributed by atoms with Crippen LogP contribution < -0.4 is 22.7 Å². The molecule has 0 aromatic carbocycles. The minimum Gasteiger partial charge on any atom is -1.00 e. The minimum absolute atomic E-state index is 0. The van der Waals surface area contributed by atoms with Crippen LogP contribution in [0.5, 0.6) is 0 Å². The second-order valence-electron chi connectivity index (χ2n) is 2.74. The largest absolute Gasteiger partial charge is 1.00 e. The summed E-state index contributed by atoms with van der Waals surface area (Å²) in [6, 6.07) is 0. The molecule has 2 nitrogen and oxygen atoms in total. The monoisotopic (exact) mass is 327 g/mol. The molecule has 0 atom stereocenters. The molecule has 0 aliphatic rings. The summed E-state index contributed by atoms with van der Waals surface area (Å²) in [6.07, 6.45) is 2.24. The van der Waals surface area contributed by atoms with Crippen molar-refractivity contribution >= 4 is 17.0 Å². The van der Waals surface area contributed by atoms with E-state index in [1.165, 1.54) is 0 Å². The highest BCUT2D eigenvalue weighted by atomic mass is 79.9. The third-order valence-electron chi connectivity index (χ3n) is 1.45. The minimum atomic E-state index is -3.13. The van der Waals surface area contributed by atoms with Crippen molar-refractivity contribution in [3.05, 3.63) is 0 Å². The summed E-state index contributed by atoms with van der Waals surface area (Å²) in [4.78, 5) is 0. The Bertz CT molecular complexity index is 265. The number of unbranched alkanes of at least 4 members (excludes halogenated alkanes) is 3. The van der Waals surface area contributed by atoms with Gasteiger partial charge >= 0.3 is 0 Å². The van der Waals surface area contributed by atoms with Gasteiger partial charge in [-0.15, -0.1) is 17.0 Å². The molecule has 0 aromatic heterocycles. The quantitative estimate of drug-likeness (QED) is 0.481. The van der Waals surface area contributed by atoms with Crippen molar-refractivity contribution in [2.24, 2.45) is 5.73 Å². The van der Waals surface area contributed by atoms with Gasteiger partial charge in [0.25, 0.3) is 0 Å². The van der Waals surface area contributed by atoms with Gasteiger partial charge in [-0.3, -0.25) is 0 Å². The van der Waals surface area contributed by atoms with E-state index >= 15 is 0 Å². The summed E-state index contributed by atoms with van der Waals surface area (Å²) in [5.74, 6) is 0. The molecule has 0 heterocycles. The SMILES string of the molecule is Br.[2H]C([2H])([2H])[N+](CCCCCCN)(C([2H])([2H])[2H])C([2H])([2H])[2H].[Br-]. The number of halogens is 2. The molecule has 0 aromatic rings. The third-order valence-corrected chi connectivity index (χ3v) is 1.45. The van der Waals surface area contributed by atoms with Crippen molar-refractivity contribution in [2.45, 2.75) is 25.7 Å². The average molecular weight is 329 g/mol. The lowest BCUT2D eigenvalue weighted by atomic mass is 10.2. The molecule has 84 valence electrons. The zero-order valence-corrected chi connectivity index (χ0v) is 10.9. The van der Waals surface area contributed by atoms with E-state index in [1.807, 2.05) is 0 Å². The molecule has 0 aliphatic carbocycles. The van der Waals surface area contributed by atoms with Crippen LogP contribution in [-0.2, 0) is 0 Å². The molecule has 0 bridgehead atoms. The third kappa shape index (κ3) is 19.3. The molecule has 0 spiro atoms. The summed E-state index contributed by atoms with van der Waals surface area (Å²) < 4.78 is 65.0. The van der Waals surface area contributed by atoms with Gasteiger partial charge in [0.1, 0.15) is 0 Å².